The average Bonchev–Trinajstić information content (AvgIpc) is 2.18. The summed E-state index contributed by atoms with van der Waals surface area (Å²) in [6.07, 6.45) is 0.350. The van der Waals surface area contributed by atoms with E-state index in [1.165, 1.54) is 0 Å². The lowest BCUT2D eigenvalue weighted by atomic mass is 10.1. The lowest BCUT2D eigenvalue weighted by Gasteiger charge is -2.37. The maximum atomic E-state index is 11.8. The van der Waals surface area contributed by atoms with Crippen LogP contribution < -0.4 is 5.32 Å². The Kier molecular flexibility index (Phi) is 3.06. The van der Waals surface area contributed by atoms with Gasteiger partial charge in [0.25, 0.3) is 0 Å². The van der Waals surface area contributed by atoms with Crippen molar-refractivity contribution in [2.45, 2.75) is 23.8 Å². The van der Waals surface area contributed by atoms with Gasteiger partial charge in [0.2, 0.25) is 0 Å². The molecule has 8 heteroatoms. The van der Waals surface area contributed by atoms with Gasteiger partial charge in [-0.3, -0.25) is 14.3 Å². The summed E-state index contributed by atoms with van der Waals surface area (Å²) in [6, 6.07) is -1.07. The molecule has 0 spiro atoms. The van der Waals surface area contributed by atoms with Crippen molar-refractivity contribution in [3.63, 3.8) is 0 Å². The molecule has 2 saturated heterocycles. The Morgan fingerprint density at radius 3 is 2.75 bits per heavy atom. The highest BCUT2D eigenvalue weighted by atomic mass is 32.2. The van der Waals surface area contributed by atoms with E-state index in [-0.39, 0.29) is 23.3 Å². The molecule has 2 rings (SSSR count). The van der Waals surface area contributed by atoms with Crippen molar-refractivity contribution < 1.29 is 22.5 Å². The van der Waals surface area contributed by atoms with E-state index in [2.05, 4.69) is 5.32 Å². The van der Waals surface area contributed by atoms with Crippen LogP contribution in [0.2, 0.25) is 0 Å². The van der Waals surface area contributed by atoms with Gasteiger partial charge in [-0.05, 0) is 6.42 Å². The van der Waals surface area contributed by atoms with E-state index in [9.17, 15) is 17.4 Å². The molecule has 0 radical (unpaired) electrons. The van der Waals surface area contributed by atoms with Gasteiger partial charge in [-0.25, -0.2) is 8.42 Å². The largest absolute Gasteiger partial charge is 0.480 e. The van der Waals surface area contributed by atoms with E-state index in [1.807, 2.05) is 0 Å². The molecule has 2 aliphatic rings. The summed E-state index contributed by atoms with van der Waals surface area (Å²) in [5.74, 6) is -1.08. The summed E-state index contributed by atoms with van der Waals surface area (Å²) < 4.78 is 34.6. The standard InChI is InChI=1S/C8H13NO5S2/c10-8(11)6-3-15(12)7-4-16(13,14)2-1-5(7)9-6/h5-7,9H,1-4H2,(H,10,11). The van der Waals surface area contributed by atoms with Crippen LogP contribution >= 0.6 is 0 Å². The van der Waals surface area contributed by atoms with Crippen LogP contribution in [-0.4, -0.2) is 58.3 Å². The van der Waals surface area contributed by atoms with Crippen molar-refractivity contribution in [1.82, 2.24) is 5.32 Å². The second-order valence-corrected chi connectivity index (χ2v) is 8.08. The second kappa shape index (κ2) is 4.08. The molecule has 2 N–H and O–H groups in total. The minimum atomic E-state index is -3.10. The van der Waals surface area contributed by atoms with Crippen molar-refractivity contribution in [3.8, 4) is 0 Å². The van der Waals surface area contributed by atoms with Crippen molar-refractivity contribution in [3.05, 3.63) is 0 Å². The highest BCUT2D eigenvalue weighted by molar-refractivity contribution is 7.93. The number of sulfone groups is 1. The highest BCUT2D eigenvalue weighted by Gasteiger charge is 2.43. The van der Waals surface area contributed by atoms with Gasteiger partial charge < -0.3 is 5.11 Å². The predicted molar refractivity (Wildman–Crippen MR) is 58.4 cm³/mol. The minimum absolute atomic E-state index is 0.00792. The average molecular weight is 267 g/mol. The van der Waals surface area contributed by atoms with Crippen molar-refractivity contribution >= 4 is 26.6 Å². The van der Waals surface area contributed by atoms with Crippen molar-refractivity contribution in [2.24, 2.45) is 0 Å². The van der Waals surface area contributed by atoms with Gasteiger partial charge in [-0.2, -0.15) is 0 Å². The van der Waals surface area contributed by atoms with E-state index >= 15 is 0 Å². The van der Waals surface area contributed by atoms with Gasteiger partial charge in [0.05, 0.1) is 22.5 Å². The maximum absolute atomic E-state index is 11.8. The predicted octanol–water partition coefficient (Wildman–Crippen LogP) is -1.65. The molecule has 2 heterocycles. The molecule has 0 aromatic carbocycles. The fourth-order valence-corrected chi connectivity index (χ4v) is 6.27. The number of carbonyl (C=O) groups is 1. The first-order chi connectivity index (χ1) is 7.39. The number of carboxylic acids is 1. The molecule has 92 valence electrons. The molecule has 6 nitrogen and oxygen atoms in total. The normalized spacial score (nSPS) is 42.2. The topological polar surface area (TPSA) is 101 Å². The number of nitrogens with one attached hydrogen (secondary N) is 1. The molecule has 0 saturated carbocycles. The number of aliphatic carboxylic acids is 1. The van der Waals surface area contributed by atoms with Gasteiger partial charge >= 0.3 is 5.97 Å². The molecule has 2 aliphatic heterocycles. The van der Waals surface area contributed by atoms with Crippen LogP contribution in [0.1, 0.15) is 6.42 Å². The first-order valence-corrected chi connectivity index (χ1v) is 8.16. The Labute approximate surface area is 95.8 Å². The van der Waals surface area contributed by atoms with Crippen LogP contribution in [0, 0.1) is 0 Å². The highest BCUT2D eigenvalue weighted by Crippen LogP contribution is 2.22. The molecule has 2 fully saturated rings. The zero-order chi connectivity index (χ0) is 11.9. The number of rotatable bonds is 1. The van der Waals surface area contributed by atoms with Gasteiger partial charge in [-0.1, -0.05) is 0 Å². The summed E-state index contributed by atoms with van der Waals surface area (Å²) in [5.41, 5.74) is 0. The molecule has 0 aromatic rings. The van der Waals surface area contributed by atoms with Crippen molar-refractivity contribution in [1.29, 1.82) is 0 Å². The lowest BCUT2D eigenvalue weighted by Crippen LogP contribution is -2.62. The fourth-order valence-electron chi connectivity index (χ4n) is 2.13. The molecule has 0 aliphatic carbocycles. The second-order valence-electron chi connectivity index (χ2n) is 4.15. The van der Waals surface area contributed by atoms with Crippen LogP contribution in [0.5, 0.6) is 0 Å². The number of hydrogen-bond acceptors (Lipinski definition) is 5. The van der Waals surface area contributed by atoms with Gasteiger partial charge in [0.15, 0.2) is 9.84 Å². The smallest absolute Gasteiger partial charge is 0.321 e. The molecule has 4 unspecified atom stereocenters. The Morgan fingerprint density at radius 1 is 1.44 bits per heavy atom. The SMILES string of the molecule is O=C(O)C1CS(=O)C2CS(=O)(=O)CCC2N1. The molecule has 0 amide bonds. The first kappa shape index (κ1) is 12.0. The van der Waals surface area contributed by atoms with Crippen LogP contribution in [-0.2, 0) is 25.4 Å². The summed E-state index contributed by atoms with van der Waals surface area (Å²) in [6.45, 7) is 0. The molecule has 4 atom stereocenters. The van der Waals surface area contributed by atoms with E-state index in [1.54, 1.807) is 0 Å². The molecule has 0 aromatic heterocycles. The number of carboxylic acid groups (broad SMARTS) is 1. The van der Waals surface area contributed by atoms with E-state index in [0.717, 1.165) is 0 Å². The monoisotopic (exact) mass is 267 g/mol. The zero-order valence-corrected chi connectivity index (χ0v) is 10.1. The lowest BCUT2D eigenvalue weighted by molar-refractivity contribution is -0.139. The Morgan fingerprint density at radius 2 is 2.12 bits per heavy atom. The van der Waals surface area contributed by atoms with Crippen LogP contribution in [0.15, 0.2) is 0 Å². The summed E-state index contributed by atoms with van der Waals surface area (Å²) in [5, 5.41) is 11.3. The number of hydrogen-bond donors (Lipinski definition) is 2. The van der Waals surface area contributed by atoms with Gasteiger partial charge in [0.1, 0.15) is 6.04 Å². The van der Waals surface area contributed by atoms with E-state index < -0.39 is 37.9 Å². The van der Waals surface area contributed by atoms with Crippen molar-refractivity contribution in [2.75, 3.05) is 17.3 Å². The summed E-state index contributed by atoms with van der Waals surface area (Å²) in [4.78, 5) is 10.8. The first-order valence-electron chi connectivity index (χ1n) is 4.95. The maximum Gasteiger partial charge on any atom is 0.321 e. The quantitative estimate of drug-likeness (QED) is 0.590. The van der Waals surface area contributed by atoms with Crippen LogP contribution in [0.25, 0.3) is 0 Å². The summed E-state index contributed by atoms with van der Waals surface area (Å²) in [7, 11) is -4.48. The van der Waals surface area contributed by atoms with E-state index in [4.69, 9.17) is 5.11 Å². The van der Waals surface area contributed by atoms with Crippen LogP contribution in [0.4, 0.5) is 0 Å². The Hall–Kier alpha value is -0.470. The van der Waals surface area contributed by atoms with Gasteiger partial charge in [0, 0.05) is 16.8 Å². The van der Waals surface area contributed by atoms with Crippen LogP contribution in [0.3, 0.4) is 0 Å². The Bertz CT molecular complexity index is 432. The molecular weight excluding hydrogens is 254 g/mol. The number of fused-ring (bicyclic) bond motifs is 1. The van der Waals surface area contributed by atoms with E-state index in [0.29, 0.717) is 6.42 Å². The molecular formula is C8H13NO5S2. The third-order valence-electron chi connectivity index (χ3n) is 2.99. The fraction of sp³-hybridized carbons (Fsp3) is 0.875. The molecule has 0 bridgehead atoms. The zero-order valence-electron chi connectivity index (χ0n) is 8.46. The van der Waals surface area contributed by atoms with Gasteiger partial charge in [-0.15, -0.1) is 0 Å². The summed E-state index contributed by atoms with van der Waals surface area (Å²) >= 11 is 0. The third-order valence-corrected chi connectivity index (χ3v) is 6.76. The Balaban J connectivity index is 2.16. The molecule has 16 heavy (non-hydrogen) atoms. The third kappa shape index (κ3) is 2.28. The minimum Gasteiger partial charge on any atom is -0.480 e.